The van der Waals surface area contributed by atoms with Gasteiger partial charge in [0.1, 0.15) is 4.90 Å². The molecule has 2 aromatic carbocycles. The van der Waals surface area contributed by atoms with Gasteiger partial charge in [0.2, 0.25) is 0 Å². The van der Waals surface area contributed by atoms with Crippen LogP contribution in [0.1, 0.15) is 26.2 Å². The van der Waals surface area contributed by atoms with Crippen molar-refractivity contribution in [3.05, 3.63) is 42.5 Å². The van der Waals surface area contributed by atoms with Gasteiger partial charge < -0.3 is 0 Å². The van der Waals surface area contributed by atoms with Gasteiger partial charge in [-0.3, -0.25) is 4.18 Å². The first-order valence-corrected chi connectivity index (χ1v) is 7.93. The second-order valence-corrected chi connectivity index (χ2v) is 6.04. The standard InChI is InChI=1S/C15H18O3S.Na/c1-2-3-6-12-18-19(16,17)15-11-7-9-13-8-4-5-10-14(13)15;/h4-5,7-11H,2-3,6,12H2,1H3;. The summed E-state index contributed by atoms with van der Waals surface area (Å²) in [5.74, 6) is 0. The second-order valence-electron chi connectivity index (χ2n) is 4.46. The fourth-order valence-corrected chi connectivity index (χ4v) is 3.16. The van der Waals surface area contributed by atoms with Gasteiger partial charge >= 0.3 is 0 Å². The number of unbranched alkanes of at least 4 members (excludes halogenated alkanes) is 2. The molecule has 0 saturated heterocycles. The predicted molar refractivity (Wildman–Crippen MR) is 82.4 cm³/mol. The molecule has 5 heteroatoms. The van der Waals surface area contributed by atoms with Crippen LogP contribution in [0.25, 0.3) is 10.8 Å². The van der Waals surface area contributed by atoms with Crippen LogP contribution in [0.2, 0.25) is 0 Å². The van der Waals surface area contributed by atoms with Crippen molar-refractivity contribution >= 4 is 50.4 Å². The summed E-state index contributed by atoms with van der Waals surface area (Å²) in [6, 6.07) is 12.6. The molecule has 0 fully saturated rings. The first kappa shape index (κ1) is 17.7. The minimum atomic E-state index is -3.67. The van der Waals surface area contributed by atoms with Gasteiger partial charge in [0, 0.05) is 34.9 Å². The molecule has 2 rings (SSSR count). The average molecular weight is 301 g/mol. The van der Waals surface area contributed by atoms with E-state index in [1.165, 1.54) is 0 Å². The molecule has 0 N–H and O–H groups in total. The van der Waals surface area contributed by atoms with Gasteiger partial charge in [-0.05, 0) is 17.9 Å². The Hall–Kier alpha value is -0.390. The maximum atomic E-state index is 12.2. The number of fused-ring (bicyclic) bond motifs is 1. The van der Waals surface area contributed by atoms with Crippen molar-refractivity contribution in [3.8, 4) is 0 Å². The zero-order valence-electron chi connectivity index (χ0n) is 12.0. The van der Waals surface area contributed by atoms with E-state index in [9.17, 15) is 8.42 Å². The zero-order chi connectivity index (χ0) is 13.7. The molecule has 0 heterocycles. The molecule has 0 aliphatic carbocycles. The Labute approximate surface area is 142 Å². The number of hydrogen-bond donors (Lipinski definition) is 0. The Morgan fingerprint density at radius 1 is 1.00 bits per heavy atom. The molecule has 0 atom stereocenters. The van der Waals surface area contributed by atoms with Crippen LogP contribution in [0, 0.1) is 0 Å². The zero-order valence-corrected chi connectivity index (χ0v) is 14.8. The van der Waals surface area contributed by atoms with Crippen LogP contribution in [-0.4, -0.2) is 44.6 Å². The second kappa shape index (κ2) is 8.15. The molecule has 20 heavy (non-hydrogen) atoms. The Morgan fingerprint density at radius 2 is 1.70 bits per heavy atom. The van der Waals surface area contributed by atoms with Crippen LogP contribution in [-0.2, 0) is 14.3 Å². The molecule has 0 unspecified atom stereocenters. The molecular formula is C15H18NaO3S. The van der Waals surface area contributed by atoms with Gasteiger partial charge in [0.05, 0.1) is 6.61 Å². The number of hydrogen-bond acceptors (Lipinski definition) is 3. The molecule has 0 bridgehead atoms. The maximum absolute atomic E-state index is 12.2. The SMILES string of the molecule is CCCCCOS(=O)(=O)c1cccc2ccccc12.[Na]. The van der Waals surface area contributed by atoms with E-state index in [0.29, 0.717) is 5.39 Å². The minimum Gasteiger partial charge on any atom is -0.266 e. The summed E-state index contributed by atoms with van der Waals surface area (Å²) in [5, 5.41) is 1.61. The van der Waals surface area contributed by atoms with Crippen LogP contribution in [0.3, 0.4) is 0 Å². The molecule has 103 valence electrons. The number of benzene rings is 2. The van der Waals surface area contributed by atoms with Crippen LogP contribution >= 0.6 is 0 Å². The summed E-state index contributed by atoms with van der Waals surface area (Å²) in [4.78, 5) is 0.252. The topological polar surface area (TPSA) is 43.4 Å². The minimum absolute atomic E-state index is 0. The van der Waals surface area contributed by atoms with E-state index in [0.717, 1.165) is 24.6 Å². The van der Waals surface area contributed by atoms with E-state index in [-0.39, 0.29) is 41.1 Å². The van der Waals surface area contributed by atoms with Gasteiger partial charge in [0.15, 0.2) is 0 Å². The summed E-state index contributed by atoms with van der Waals surface area (Å²) >= 11 is 0. The van der Waals surface area contributed by atoms with Crippen molar-refractivity contribution < 1.29 is 12.6 Å². The van der Waals surface area contributed by atoms with Crippen LogP contribution < -0.4 is 0 Å². The van der Waals surface area contributed by atoms with Gasteiger partial charge in [-0.2, -0.15) is 8.42 Å². The molecular weight excluding hydrogens is 283 g/mol. The van der Waals surface area contributed by atoms with E-state index in [4.69, 9.17) is 4.18 Å². The molecule has 3 nitrogen and oxygen atoms in total. The smallest absolute Gasteiger partial charge is 0.266 e. The average Bonchev–Trinajstić information content (AvgIpc) is 2.43. The predicted octanol–water partition coefficient (Wildman–Crippen LogP) is 3.35. The third-order valence-corrected chi connectivity index (χ3v) is 4.38. The Balaban J connectivity index is 0.00000200. The molecule has 0 aromatic heterocycles. The van der Waals surface area contributed by atoms with Gasteiger partial charge in [-0.25, -0.2) is 0 Å². The van der Waals surface area contributed by atoms with Crippen molar-refractivity contribution in [2.75, 3.05) is 6.61 Å². The Bertz CT molecular complexity index is 648. The van der Waals surface area contributed by atoms with E-state index < -0.39 is 10.1 Å². The van der Waals surface area contributed by atoms with Crippen LogP contribution in [0.4, 0.5) is 0 Å². The summed E-state index contributed by atoms with van der Waals surface area (Å²) in [5.41, 5.74) is 0. The molecule has 0 aliphatic rings. The third-order valence-electron chi connectivity index (χ3n) is 3.01. The summed E-state index contributed by atoms with van der Waals surface area (Å²) in [6.07, 6.45) is 2.78. The van der Waals surface area contributed by atoms with Crippen molar-refractivity contribution in [2.24, 2.45) is 0 Å². The quantitative estimate of drug-likeness (QED) is 0.467. The van der Waals surface area contributed by atoms with Crippen molar-refractivity contribution in [3.63, 3.8) is 0 Å². The normalized spacial score (nSPS) is 11.2. The maximum Gasteiger partial charge on any atom is 0.297 e. The molecule has 0 aliphatic heterocycles. The van der Waals surface area contributed by atoms with Crippen molar-refractivity contribution in [1.82, 2.24) is 0 Å². The summed E-state index contributed by atoms with van der Waals surface area (Å²) in [6.45, 7) is 2.32. The molecule has 2 aromatic rings. The first-order valence-electron chi connectivity index (χ1n) is 6.52. The molecule has 0 amide bonds. The Kier molecular flexibility index (Phi) is 7.20. The molecule has 0 spiro atoms. The fraction of sp³-hybridized carbons (Fsp3) is 0.333. The van der Waals surface area contributed by atoms with Gasteiger partial charge in [-0.15, -0.1) is 0 Å². The third kappa shape index (κ3) is 4.30. The monoisotopic (exact) mass is 301 g/mol. The molecule has 1 radical (unpaired) electrons. The van der Waals surface area contributed by atoms with Crippen LogP contribution in [0.15, 0.2) is 47.4 Å². The van der Waals surface area contributed by atoms with E-state index >= 15 is 0 Å². The van der Waals surface area contributed by atoms with Crippen molar-refractivity contribution in [1.29, 1.82) is 0 Å². The first-order chi connectivity index (χ1) is 9.15. The summed E-state index contributed by atoms with van der Waals surface area (Å²) < 4.78 is 29.5. The van der Waals surface area contributed by atoms with Crippen LogP contribution in [0.5, 0.6) is 0 Å². The number of rotatable bonds is 6. The van der Waals surface area contributed by atoms with Gasteiger partial charge in [-0.1, -0.05) is 56.2 Å². The van der Waals surface area contributed by atoms with E-state index in [1.807, 2.05) is 24.3 Å². The molecule has 0 saturated carbocycles. The fourth-order valence-electron chi connectivity index (χ4n) is 2.00. The van der Waals surface area contributed by atoms with Crippen molar-refractivity contribution in [2.45, 2.75) is 31.1 Å². The largest absolute Gasteiger partial charge is 0.297 e. The van der Waals surface area contributed by atoms with E-state index in [2.05, 4.69) is 6.92 Å². The van der Waals surface area contributed by atoms with E-state index in [1.54, 1.807) is 18.2 Å². The summed E-state index contributed by atoms with van der Waals surface area (Å²) in [7, 11) is -3.67. The Morgan fingerprint density at radius 3 is 2.45 bits per heavy atom. The van der Waals surface area contributed by atoms with Gasteiger partial charge in [0.25, 0.3) is 10.1 Å².